The first-order valence-electron chi connectivity index (χ1n) is 8.80. The molecule has 0 amide bonds. The minimum absolute atomic E-state index is 0.311. The maximum absolute atomic E-state index is 6.29. The Kier molecular flexibility index (Phi) is 4.25. The molecule has 1 aromatic heterocycles. The lowest BCUT2D eigenvalue weighted by atomic mass is 9.99. The van der Waals surface area contributed by atoms with E-state index in [4.69, 9.17) is 13.9 Å². The molecule has 3 atom stereocenters. The molecule has 122 valence electrons. The van der Waals surface area contributed by atoms with Gasteiger partial charge in [0.2, 0.25) is 0 Å². The van der Waals surface area contributed by atoms with E-state index in [1.54, 1.807) is 0 Å². The lowest BCUT2D eigenvalue weighted by Crippen LogP contribution is -2.43. The molecule has 0 unspecified atom stereocenters. The summed E-state index contributed by atoms with van der Waals surface area (Å²) >= 11 is 0. The van der Waals surface area contributed by atoms with Crippen molar-refractivity contribution < 1.29 is 13.9 Å². The normalized spacial score (nSPS) is 32.3. The van der Waals surface area contributed by atoms with Gasteiger partial charge < -0.3 is 13.9 Å². The van der Waals surface area contributed by atoms with E-state index in [1.807, 2.05) is 13.0 Å². The first-order chi connectivity index (χ1) is 10.8. The average Bonchev–Trinajstić information content (AvgIpc) is 3.12. The van der Waals surface area contributed by atoms with E-state index in [9.17, 15) is 0 Å². The molecule has 0 bridgehead atoms. The van der Waals surface area contributed by atoms with E-state index in [1.165, 1.54) is 19.3 Å². The molecule has 0 radical (unpaired) electrons. The van der Waals surface area contributed by atoms with Crippen LogP contribution in [0.1, 0.15) is 43.6 Å². The smallest absolute Gasteiger partial charge is 0.118 e. The van der Waals surface area contributed by atoms with Crippen molar-refractivity contribution in [3.8, 4) is 0 Å². The molecule has 4 heteroatoms. The zero-order valence-electron chi connectivity index (χ0n) is 13.5. The molecule has 4 rings (SSSR count). The van der Waals surface area contributed by atoms with E-state index < -0.39 is 0 Å². The predicted octanol–water partition coefficient (Wildman–Crippen LogP) is 3.14. The van der Waals surface area contributed by atoms with Crippen LogP contribution in [0.25, 0.3) is 0 Å². The van der Waals surface area contributed by atoms with Gasteiger partial charge in [-0.15, -0.1) is 0 Å². The van der Waals surface area contributed by atoms with Crippen molar-refractivity contribution in [2.75, 3.05) is 19.8 Å². The topological polar surface area (TPSA) is 34.8 Å². The lowest BCUT2D eigenvalue weighted by Gasteiger charge is -2.35. The van der Waals surface area contributed by atoms with Crippen LogP contribution in [0.2, 0.25) is 0 Å². The molecule has 2 saturated heterocycles. The van der Waals surface area contributed by atoms with Gasteiger partial charge in [-0.2, -0.15) is 0 Å². The Morgan fingerprint density at radius 3 is 2.82 bits per heavy atom. The highest BCUT2D eigenvalue weighted by Gasteiger charge is 2.40. The second kappa shape index (κ2) is 6.34. The number of fused-ring (bicyclic) bond motifs is 1. The number of furan rings is 1. The van der Waals surface area contributed by atoms with Gasteiger partial charge in [0.1, 0.15) is 11.5 Å². The minimum Gasteiger partial charge on any atom is -0.465 e. The molecule has 1 saturated carbocycles. The van der Waals surface area contributed by atoms with Crippen LogP contribution in [-0.2, 0) is 16.0 Å². The van der Waals surface area contributed by atoms with Gasteiger partial charge in [-0.25, -0.2) is 0 Å². The molecule has 3 fully saturated rings. The van der Waals surface area contributed by atoms with Crippen LogP contribution in [0.4, 0.5) is 0 Å². The fraction of sp³-hybridized carbons (Fsp3) is 0.778. The number of hydrogen-bond donors (Lipinski definition) is 0. The first-order valence-corrected chi connectivity index (χ1v) is 8.80. The van der Waals surface area contributed by atoms with Crippen LogP contribution in [-0.4, -0.2) is 42.9 Å². The Labute approximate surface area is 132 Å². The molecule has 4 nitrogen and oxygen atoms in total. The summed E-state index contributed by atoms with van der Waals surface area (Å²) in [6.07, 6.45) is 6.91. The van der Waals surface area contributed by atoms with Crippen molar-refractivity contribution in [1.82, 2.24) is 4.90 Å². The van der Waals surface area contributed by atoms with E-state index in [0.717, 1.165) is 56.6 Å². The second-order valence-electron chi connectivity index (χ2n) is 7.19. The molecule has 0 spiro atoms. The number of likely N-dealkylation sites (tertiary alicyclic amines) is 1. The summed E-state index contributed by atoms with van der Waals surface area (Å²) in [6.45, 7) is 5.77. The summed E-state index contributed by atoms with van der Waals surface area (Å²) in [4.78, 5) is 2.53. The largest absolute Gasteiger partial charge is 0.465 e. The molecule has 3 aliphatic rings. The quantitative estimate of drug-likeness (QED) is 0.809. The molecule has 2 aliphatic heterocycles. The Hall–Kier alpha value is -0.840. The Balaban J connectivity index is 1.26. The van der Waals surface area contributed by atoms with Gasteiger partial charge in [0, 0.05) is 19.2 Å². The van der Waals surface area contributed by atoms with Crippen molar-refractivity contribution in [3.63, 3.8) is 0 Å². The van der Waals surface area contributed by atoms with Crippen molar-refractivity contribution in [1.29, 1.82) is 0 Å². The summed E-state index contributed by atoms with van der Waals surface area (Å²) in [5, 5.41) is 0. The van der Waals surface area contributed by atoms with E-state index in [-0.39, 0.29) is 0 Å². The van der Waals surface area contributed by atoms with Gasteiger partial charge in [-0.1, -0.05) is 0 Å². The van der Waals surface area contributed by atoms with E-state index in [2.05, 4.69) is 11.0 Å². The Morgan fingerprint density at radius 1 is 1.14 bits per heavy atom. The zero-order chi connectivity index (χ0) is 14.9. The average molecular weight is 305 g/mol. The third-order valence-electron chi connectivity index (χ3n) is 5.26. The monoisotopic (exact) mass is 305 g/mol. The van der Waals surface area contributed by atoms with Crippen LogP contribution in [0.15, 0.2) is 16.5 Å². The fourth-order valence-corrected chi connectivity index (χ4v) is 3.83. The standard InChI is InChI=1S/C18H27NO3/c1-13-2-5-15(21-13)10-19-9-8-18-17(19)7-6-16(22-18)12-20-11-14-3-4-14/h2,5,14,16-18H,3-4,6-12H2,1H3/t16-,17-,18-/m1/s1. The van der Waals surface area contributed by atoms with E-state index >= 15 is 0 Å². The van der Waals surface area contributed by atoms with Crippen LogP contribution in [0, 0.1) is 12.8 Å². The van der Waals surface area contributed by atoms with Crippen molar-refractivity contribution in [2.45, 2.75) is 63.8 Å². The van der Waals surface area contributed by atoms with Crippen LogP contribution >= 0.6 is 0 Å². The third kappa shape index (κ3) is 3.39. The van der Waals surface area contributed by atoms with E-state index in [0.29, 0.717) is 18.2 Å². The van der Waals surface area contributed by atoms with Crippen LogP contribution < -0.4 is 0 Å². The molecule has 0 N–H and O–H groups in total. The molecule has 0 aromatic carbocycles. The van der Waals surface area contributed by atoms with Crippen LogP contribution in [0.3, 0.4) is 0 Å². The summed E-state index contributed by atoms with van der Waals surface area (Å²) < 4.78 is 17.8. The molecule has 1 aliphatic carbocycles. The Morgan fingerprint density at radius 2 is 2.05 bits per heavy atom. The zero-order valence-corrected chi connectivity index (χ0v) is 13.5. The SMILES string of the molecule is Cc1ccc(CN2CC[C@H]3O[C@@H](COCC4CC4)CC[C@H]32)o1. The molecule has 22 heavy (non-hydrogen) atoms. The van der Waals surface area contributed by atoms with Gasteiger partial charge >= 0.3 is 0 Å². The number of nitrogens with zero attached hydrogens (tertiary/aromatic N) is 1. The van der Waals surface area contributed by atoms with Crippen molar-refractivity contribution in [2.24, 2.45) is 5.92 Å². The lowest BCUT2D eigenvalue weighted by molar-refractivity contribution is -0.101. The maximum Gasteiger partial charge on any atom is 0.118 e. The molecule has 1 aromatic rings. The Bertz CT molecular complexity index is 496. The highest BCUT2D eigenvalue weighted by atomic mass is 16.5. The molecular formula is C18H27NO3. The number of rotatable bonds is 6. The van der Waals surface area contributed by atoms with Gasteiger partial charge in [-0.05, 0) is 57.1 Å². The summed E-state index contributed by atoms with van der Waals surface area (Å²) in [5.74, 6) is 2.92. The number of ether oxygens (including phenoxy) is 2. The highest BCUT2D eigenvalue weighted by Crippen LogP contribution is 2.33. The second-order valence-corrected chi connectivity index (χ2v) is 7.19. The molecular weight excluding hydrogens is 278 g/mol. The maximum atomic E-state index is 6.29. The van der Waals surface area contributed by atoms with Gasteiger partial charge in [-0.3, -0.25) is 4.90 Å². The number of hydrogen-bond acceptors (Lipinski definition) is 4. The highest BCUT2D eigenvalue weighted by molar-refractivity contribution is 5.06. The molecule has 3 heterocycles. The first kappa shape index (κ1) is 14.7. The van der Waals surface area contributed by atoms with Crippen LogP contribution in [0.5, 0.6) is 0 Å². The summed E-state index contributed by atoms with van der Waals surface area (Å²) in [6, 6.07) is 4.71. The summed E-state index contributed by atoms with van der Waals surface area (Å²) in [5.41, 5.74) is 0. The number of aryl methyl sites for hydroxylation is 1. The third-order valence-corrected chi connectivity index (χ3v) is 5.26. The predicted molar refractivity (Wildman–Crippen MR) is 83.7 cm³/mol. The fourth-order valence-electron chi connectivity index (χ4n) is 3.83. The minimum atomic E-state index is 0.311. The van der Waals surface area contributed by atoms with Gasteiger partial charge in [0.05, 0.1) is 25.4 Å². The van der Waals surface area contributed by atoms with Crippen molar-refractivity contribution in [3.05, 3.63) is 23.7 Å². The summed E-state index contributed by atoms with van der Waals surface area (Å²) in [7, 11) is 0. The van der Waals surface area contributed by atoms with Gasteiger partial charge in [0.15, 0.2) is 0 Å². The van der Waals surface area contributed by atoms with Gasteiger partial charge in [0.25, 0.3) is 0 Å². The van der Waals surface area contributed by atoms with Crippen molar-refractivity contribution >= 4 is 0 Å².